The summed E-state index contributed by atoms with van der Waals surface area (Å²) in [6.07, 6.45) is 0. The molecule has 5 heteroatoms. The maximum Gasteiger partial charge on any atom is 0.344 e. The van der Waals surface area contributed by atoms with Crippen molar-refractivity contribution in [2.75, 3.05) is 5.32 Å². The topological polar surface area (TPSA) is 59.3 Å². The molecule has 3 aromatic carbocycles. The summed E-state index contributed by atoms with van der Waals surface area (Å²) in [5.41, 5.74) is 2.29. The number of halogens is 1. The molecule has 0 spiro atoms. The van der Waals surface area contributed by atoms with Crippen LogP contribution in [-0.2, 0) is 0 Å². The molecule has 0 bridgehead atoms. The van der Waals surface area contributed by atoms with E-state index in [-0.39, 0.29) is 5.91 Å². The van der Waals surface area contributed by atoms with Crippen LogP contribution < -0.4 is 10.9 Å². The van der Waals surface area contributed by atoms with Gasteiger partial charge in [0.2, 0.25) is 0 Å². The van der Waals surface area contributed by atoms with Gasteiger partial charge in [0.15, 0.2) is 0 Å². The number of fused-ring (bicyclic) bond motifs is 1. The quantitative estimate of drug-likeness (QED) is 0.447. The highest BCUT2D eigenvalue weighted by Crippen LogP contribution is 2.24. The monoisotopic (exact) mass is 419 g/mol. The molecular weight excluding hydrogens is 406 g/mol. The highest BCUT2D eigenvalue weighted by Gasteiger charge is 2.12. The van der Waals surface area contributed by atoms with Crippen molar-refractivity contribution in [2.45, 2.75) is 0 Å². The van der Waals surface area contributed by atoms with Gasteiger partial charge >= 0.3 is 5.63 Å². The molecule has 1 N–H and O–H groups in total. The van der Waals surface area contributed by atoms with E-state index >= 15 is 0 Å². The van der Waals surface area contributed by atoms with Crippen LogP contribution in [0.3, 0.4) is 0 Å². The molecule has 0 fully saturated rings. The van der Waals surface area contributed by atoms with Crippen LogP contribution in [0.25, 0.3) is 22.1 Å². The average Bonchev–Trinajstić information content (AvgIpc) is 2.69. The molecule has 4 nitrogen and oxygen atoms in total. The lowest BCUT2D eigenvalue weighted by molar-refractivity contribution is 0.102. The van der Waals surface area contributed by atoms with Crippen molar-refractivity contribution >= 4 is 38.5 Å². The van der Waals surface area contributed by atoms with Crippen molar-refractivity contribution in [3.8, 4) is 11.1 Å². The van der Waals surface area contributed by atoms with Crippen LogP contribution >= 0.6 is 15.9 Å². The average molecular weight is 420 g/mol. The summed E-state index contributed by atoms with van der Waals surface area (Å²) in [5.74, 6) is -0.256. The summed E-state index contributed by atoms with van der Waals surface area (Å²) in [6.45, 7) is 0. The predicted molar refractivity (Wildman–Crippen MR) is 110 cm³/mol. The zero-order valence-corrected chi connectivity index (χ0v) is 15.7. The normalized spacial score (nSPS) is 10.7. The van der Waals surface area contributed by atoms with Crippen LogP contribution in [0.2, 0.25) is 0 Å². The SMILES string of the molecule is O=C(Nc1ccccc1Br)c1cccc(-c2cc3ccccc3oc2=O)c1. The minimum atomic E-state index is -0.433. The Morgan fingerprint density at radius 2 is 1.67 bits per heavy atom. The van der Waals surface area contributed by atoms with Gasteiger partial charge in [0.1, 0.15) is 5.58 Å². The Kier molecular flexibility index (Phi) is 4.60. The van der Waals surface area contributed by atoms with Gasteiger partial charge in [0.05, 0.1) is 11.3 Å². The summed E-state index contributed by atoms with van der Waals surface area (Å²) in [4.78, 5) is 25.0. The summed E-state index contributed by atoms with van der Waals surface area (Å²) >= 11 is 3.41. The van der Waals surface area contributed by atoms with E-state index in [9.17, 15) is 9.59 Å². The molecule has 1 amide bonds. The molecule has 132 valence electrons. The molecule has 0 saturated carbocycles. The number of carbonyl (C=O) groups excluding carboxylic acids is 1. The second kappa shape index (κ2) is 7.21. The second-order valence-electron chi connectivity index (χ2n) is 6.00. The molecule has 27 heavy (non-hydrogen) atoms. The third kappa shape index (κ3) is 3.55. The zero-order valence-electron chi connectivity index (χ0n) is 14.1. The molecular formula is C22H14BrNO3. The molecule has 0 unspecified atom stereocenters. The van der Waals surface area contributed by atoms with Gasteiger partial charge < -0.3 is 9.73 Å². The van der Waals surface area contributed by atoms with Gasteiger partial charge in [-0.15, -0.1) is 0 Å². The maximum absolute atomic E-state index is 12.6. The zero-order chi connectivity index (χ0) is 18.8. The van der Waals surface area contributed by atoms with Gasteiger partial charge in [-0.3, -0.25) is 4.79 Å². The Hall–Kier alpha value is -3.18. The van der Waals surface area contributed by atoms with E-state index < -0.39 is 5.63 Å². The van der Waals surface area contributed by atoms with Gasteiger partial charge in [0.25, 0.3) is 5.91 Å². The fourth-order valence-electron chi connectivity index (χ4n) is 2.85. The molecule has 4 rings (SSSR count). The van der Waals surface area contributed by atoms with Crippen molar-refractivity contribution in [3.05, 3.63) is 99.3 Å². The molecule has 0 atom stereocenters. The molecule has 0 aliphatic rings. The molecule has 0 radical (unpaired) electrons. The predicted octanol–water partition coefficient (Wildman–Crippen LogP) is 5.47. The van der Waals surface area contributed by atoms with E-state index in [4.69, 9.17) is 4.42 Å². The number of para-hydroxylation sites is 2. The first-order valence-corrected chi connectivity index (χ1v) is 9.10. The third-order valence-electron chi connectivity index (χ3n) is 4.20. The van der Waals surface area contributed by atoms with Gasteiger partial charge in [-0.1, -0.05) is 42.5 Å². The van der Waals surface area contributed by atoms with Crippen molar-refractivity contribution in [1.82, 2.24) is 0 Å². The molecule has 0 aliphatic carbocycles. The molecule has 0 aliphatic heterocycles. The van der Waals surface area contributed by atoms with Gasteiger partial charge in [0, 0.05) is 15.4 Å². The van der Waals surface area contributed by atoms with Crippen LogP contribution in [0.15, 0.2) is 92.5 Å². The van der Waals surface area contributed by atoms with E-state index in [1.807, 2.05) is 42.5 Å². The minimum absolute atomic E-state index is 0.256. The number of carbonyl (C=O) groups is 1. The van der Waals surface area contributed by atoms with Gasteiger partial charge in [-0.05, 0) is 57.9 Å². The first-order chi connectivity index (χ1) is 13.1. The summed E-state index contributed by atoms with van der Waals surface area (Å²) in [7, 11) is 0. The van der Waals surface area contributed by atoms with E-state index in [2.05, 4.69) is 21.2 Å². The van der Waals surface area contributed by atoms with Crippen molar-refractivity contribution in [3.63, 3.8) is 0 Å². The lowest BCUT2D eigenvalue weighted by atomic mass is 10.0. The number of benzene rings is 3. The Bertz CT molecular complexity index is 1210. The Balaban J connectivity index is 1.71. The Morgan fingerprint density at radius 3 is 2.52 bits per heavy atom. The number of rotatable bonds is 3. The summed E-state index contributed by atoms with van der Waals surface area (Å²) in [5, 5.41) is 3.69. The fourth-order valence-corrected chi connectivity index (χ4v) is 3.23. The lowest BCUT2D eigenvalue weighted by Crippen LogP contribution is -2.12. The van der Waals surface area contributed by atoms with E-state index in [0.29, 0.717) is 28.0 Å². The maximum atomic E-state index is 12.6. The number of hydrogen-bond acceptors (Lipinski definition) is 3. The Labute approximate surface area is 163 Å². The summed E-state index contributed by atoms with van der Waals surface area (Å²) in [6, 6.07) is 23.4. The molecule has 1 heterocycles. The van der Waals surface area contributed by atoms with Gasteiger partial charge in [-0.25, -0.2) is 4.79 Å². The minimum Gasteiger partial charge on any atom is -0.422 e. The first kappa shape index (κ1) is 17.2. The highest BCUT2D eigenvalue weighted by atomic mass is 79.9. The van der Waals surface area contributed by atoms with Crippen LogP contribution in [0.1, 0.15) is 10.4 Å². The molecule has 1 aromatic heterocycles. The largest absolute Gasteiger partial charge is 0.422 e. The second-order valence-corrected chi connectivity index (χ2v) is 6.85. The number of hydrogen-bond donors (Lipinski definition) is 1. The van der Waals surface area contributed by atoms with Crippen LogP contribution in [0.5, 0.6) is 0 Å². The highest BCUT2D eigenvalue weighted by molar-refractivity contribution is 9.10. The standard InChI is InChI=1S/C22H14BrNO3/c23-18-9-2-3-10-19(18)24-21(25)16-8-5-7-14(12-16)17-13-15-6-1-4-11-20(15)27-22(17)26/h1-13H,(H,24,25). The first-order valence-electron chi connectivity index (χ1n) is 8.31. The van der Waals surface area contributed by atoms with Crippen molar-refractivity contribution in [2.24, 2.45) is 0 Å². The fraction of sp³-hybridized carbons (Fsp3) is 0. The Morgan fingerprint density at radius 1 is 0.889 bits per heavy atom. The van der Waals surface area contributed by atoms with Crippen LogP contribution in [0, 0.1) is 0 Å². The van der Waals surface area contributed by atoms with Crippen LogP contribution in [0.4, 0.5) is 5.69 Å². The van der Waals surface area contributed by atoms with E-state index in [1.54, 1.807) is 36.4 Å². The lowest BCUT2D eigenvalue weighted by Gasteiger charge is -2.08. The molecule has 0 saturated heterocycles. The smallest absolute Gasteiger partial charge is 0.344 e. The number of nitrogens with one attached hydrogen (secondary N) is 1. The van der Waals surface area contributed by atoms with E-state index in [0.717, 1.165) is 9.86 Å². The van der Waals surface area contributed by atoms with E-state index in [1.165, 1.54) is 0 Å². The van der Waals surface area contributed by atoms with Gasteiger partial charge in [-0.2, -0.15) is 0 Å². The summed E-state index contributed by atoms with van der Waals surface area (Å²) < 4.78 is 6.19. The molecule has 4 aromatic rings. The number of amides is 1. The third-order valence-corrected chi connectivity index (χ3v) is 4.89. The van der Waals surface area contributed by atoms with Crippen LogP contribution in [-0.4, -0.2) is 5.91 Å². The van der Waals surface area contributed by atoms with Crippen molar-refractivity contribution < 1.29 is 9.21 Å². The van der Waals surface area contributed by atoms with Crippen molar-refractivity contribution in [1.29, 1.82) is 0 Å². The number of anilines is 1.